The van der Waals surface area contributed by atoms with E-state index in [-0.39, 0.29) is 0 Å². The van der Waals surface area contributed by atoms with Gasteiger partial charge in [-0.1, -0.05) is 13.8 Å². The van der Waals surface area contributed by atoms with Gasteiger partial charge < -0.3 is 9.88 Å². The Morgan fingerprint density at radius 3 is 2.50 bits per heavy atom. The van der Waals surface area contributed by atoms with E-state index in [9.17, 15) is 0 Å². The van der Waals surface area contributed by atoms with Crippen LogP contribution in [0.3, 0.4) is 0 Å². The van der Waals surface area contributed by atoms with Gasteiger partial charge in [-0.2, -0.15) is 0 Å². The van der Waals surface area contributed by atoms with Crippen molar-refractivity contribution in [3.63, 3.8) is 0 Å². The molecule has 0 aromatic carbocycles. The van der Waals surface area contributed by atoms with Crippen molar-refractivity contribution in [1.29, 1.82) is 0 Å². The van der Waals surface area contributed by atoms with Crippen molar-refractivity contribution in [1.82, 2.24) is 14.9 Å². The zero-order chi connectivity index (χ0) is 10.7. The van der Waals surface area contributed by atoms with Crippen LogP contribution in [0.15, 0.2) is 6.20 Å². The lowest BCUT2D eigenvalue weighted by molar-refractivity contribution is 0.517. The first-order chi connectivity index (χ1) is 6.52. The van der Waals surface area contributed by atoms with E-state index in [1.807, 2.05) is 6.20 Å². The lowest BCUT2D eigenvalue weighted by Gasteiger charge is -2.15. The maximum atomic E-state index is 4.34. The molecule has 0 spiro atoms. The largest absolute Gasteiger partial charge is 0.329 e. The third-order valence-corrected chi connectivity index (χ3v) is 2.27. The van der Waals surface area contributed by atoms with Crippen molar-refractivity contribution in [3.8, 4) is 0 Å². The fourth-order valence-corrected chi connectivity index (χ4v) is 1.64. The van der Waals surface area contributed by atoms with E-state index < -0.39 is 0 Å². The van der Waals surface area contributed by atoms with Gasteiger partial charge in [0.1, 0.15) is 5.82 Å². The highest BCUT2D eigenvalue weighted by Gasteiger charge is 2.09. The molecule has 1 aromatic rings. The van der Waals surface area contributed by atoms with Gasteiger partial charge in [-0.15, -0.1) is 0 Å². The molecular weight excluding hydrogens is 174 g/mol. The molecule has 1 aromatic heterocycles. The van der Waals surface area contributed by atoms with E-state index in [1.54, 1.807) is 0 Å². The van der Waals surface area contributed by atoms with Crippen LogP contribution < -0.4 is 5.32 Å². The van der Waals surface area contributed by atoms with E-state index in [1.165, 1.54) is 5.69 Å². The predicted octanol–water partition coefficient (Wildman–Crippen LogP) is 2.27. The van der Waals surface area contributed by atoms with Gasteiger partial charge in [-0.3, -0.25) is 0 Å². The molecule has 0 radical (unpaired) electrons. The van der Waals surface area contributed by atoms with Crippen molar-refractivity contribution >= 4 is 0 Å². The summed E-state index contributed by atoms with van der Waals surface area (Å²) in [6, 6.07) is 1.01. The smallest absolute Gasteiger partial charge is 0.105 e. The highest BCUT2D eigenvalue weighted by Crippen LogP contribution is 2.12. The second-order valence-electron chi connectivity index (χ2n) is 4.30. The zero-order valence-electron chi connectivity index (χ0n) is 9.83. The molecule has 1 N–H and O–H groups in total. The van der Waals surface area contributed by atoms with Gasteiger partial charge >= 0.3 is 0 Å². The molecule has 0 unspecified atom stereocenters. The second-order valence-corrected chi connectivity index (χ2v) is 4.30. The van der Waals surface area contributed by atoms with Crippen LogP contribution in [-0.4, -0.2) is 15.6 Å². The Hall–Kier alpha value is -0.830. The second kappa shape index (κ2) is 4.60. The molecule has 0 aliphatic heterocycles. The Morgan fingerprint density at radius 2 is 2.00 bits per heavy atom. The summed E-state index contributed by atoms with van der Waals surface area (Å²) in [5.41, 5.74) is 1.27. The summed E-state index contributed by atoms with van der Waals surface area (Å²) >= 11 is 0. The number of aryl methyl sites for hydroxylation is 1. The summed E-state index contributed by atoms with van der Waals surface area (Å²) in [6.45, 7) is 11.6. The van der Waals surface area contributed by atoms with Crippen LogP contribution in [-0.2, 0) is 6.54 Å². The number of imidazole rings is 1. The molecule has 0 aliphatic rings. The predicted molar refractivity (Wildman–Crippen MR) is 59.3 cm³/mol. The first kappa shape index (κ1) is 11.2. The molecule has 1 heterocycles. The molecule has 0 bridgehead atoms. The van der Waals surface area contributed by atoms with Gasteiger partial charge in [0.25, 0.3) is 0 Å². The molecule has 80 valence electrons. The summed E-state index contributed by atoms with van der Waals surface area (Å²) in [6.07, 6.45) is 1.96. The number of aromatic nitrogens is 2. The molecule has 0 atom stereocenters. The molecule has 0 saturated carbocycles. The van der Waals surface area contributed by atoms with Crippen LogP contribution >= 0.6 is 0 Å². The van der Waals surface area contributed by atoms with E-state index in [0.29, 0.717) is 12.1 Å². The lowest BCUT2D eigenvalue weighted by atomic mass is 10.3. The maximum Gasteiger partial charge on any atom is 0.105 e. The summed E-state index contributed by atoms with van der Waals surface area (Å²) in [7, 11) is 0. The van der Waals surface area contributed by atoms with Gasteiger partial charge in [-0.25, -0.2) is 4.98 Å². The van der Waals surface area contributed by atoms with Crippen molar-refractivity contribution in [2.75, 3.05) is 0 Å². The molecule has 14 heavy (non-hydrogen) atoms. The van der Waals surface area contributed by atoms with Crippen molar-refractivity contribution in [3.05, 3.63) is 17.7 Å². The van der Waals surface area contributed by atoms with Crippen LogP contribution in [0, 0.1) is 6.92 Å². The normalized spacial score (nSPS) is 11.6. The average Bonchev–Trinajstić information content (AvgIpc) is 2.43. The van der Waals surface area contributed by atoms with Gasteiger partial charge in [0.2, 0.25) is 0 Å². The molecule has 3 nitrogen and oxygen atoms in total. The molecule has 1 rings (SSSR count). The van der Waals surface area contributed by atoms with E-state index >= 15 is 0 Å². The van der Waals surface area contributed by atoms with E-state index in [2.05, 4.69) is 49.5 Å². The Bertz CT molecular complexity index is 287. The molecule has 0 fully saturated rings. The number of hydrogen-bond acceptors (Lipinski definition) is 2. The highest BCUT2D eigenvalue weighted by atomic mass is 15.1. The summed E-state index contributed by atoms with van der Waals surface area (Å²) in [4.78, 5) is 4.34. The van der Waals surface area contributed by atoms with Gasteiger partial charge in [0.05, 0.1) is 5.69 Å². The van der Waals surface area contributed by atoms with Gasteiger partial charge in [0.15, 0.2) is 0 Å². The van der Waals surface area contributed by atoms with Crippen molar-refractivity contribution < 1.29 is 0 Å². The van der Waals surface area contributed by atoms with Crippen LogP contribution in [0.5, 0.6) is 0 Å². The van der Waals surface area contributed by atoms with Crippen molar-refractivity contribution in [2.24, 2.45) is 0 Å². The zero-order valence-corrected chi connectivity index (χ0v) is 9.83. The minimum Gasteiger partial charge on any atom is -0.329 e. The fraction of sp³-hybridized carbons (Fsp3) is 0.727. The molecule has 0 saturated heterocycles. The molecule has 0 amide bonds. The monoisotopic (exact) mass is 195 g/mol. The lowest BCUT2D eigenvalue weighted by Crippen LogP contribution is -2.24. The van der Waals surface area contributed by atoms with E-state index in [0.717, 1.165) is 12.4 Å². The van der Waals surface area contributed by atoms with Crippen LogP contribution in [0.4, 0.5) is 0 Å². The minimum absolute atomic E-state index is 0.487. The first-order valence-corrected chi connectivity index (χ1v) is 5.28. The SMILES string of the molecule is Cc1ncc(CNC(C)C)n1C(C)C. The standard InChI is InChI=1S/C11H21N3/c1-8(2)12-6-11-7-13-10(5)14(11)9(3)4/h7-9,12H,6H2,1-5H3. The summed E-state index contributed by atoms with van der Waals surface area (Å²) in [5.74, 6) is 1.10. The van der Waals surface area contributed by atoms with E-state index in [4.69, 9.17) is 0 Å². The third-order valence-electron chi connectivity index (χ3n) is 2.27. The van der Waals surface area contributed by atoms with Gasteiger partial charge in [-0.05, 0) is 20.8 Å². The summed E-state index contributed by atoms with van der Waals surface area (Å²) < 4.78 is 2.27. The number of nitrogens with one attached hydrogen (secondary N) is 1. The highest BCUT2D eigenvalue weighted by molar-refractivity contribution is 5.05. The maximum absolute atomic E-state index is 4.34. The Morgan fingerprint density at radius 1 is 1.36 bits per heavy atom. The Kier molecular flexibility index (Phi) is 3.69. The van der Waals surface area contributed by atoms with Crippen molar-refractivity contribution in [2.45, 2.75) is 53.2 Å². The summed E-state index contributed by atoms with van der Waals surface area (Å²) in [5, 5.41) is 3.41. The topological polar surface area (TPSA) is 29.9 Å². The number of rotatable bonds is 4. The molecular formula is C11H21N3. The van der Waals surface area contributed by atoms with Crippen LogP contribution in [0.25, 0.3) is 0 Å². The number of nitrogens with zero attached hydrogens (tertiary/aromatic N) is 2. The number of hydrogen-bond donors (Lipinski definition) is 1. The minimum atomic E-state index is 0.487. The molecule has 0 aliphatic carbocycles. The Balaban J connectivity index is 2.76. The van der Waals surface area contributed by atoms with Crippen LogP contribution in [0.2, 0.25) is 0 Å². The quantitative estimate of drug-likeness (QED) is 0.798. The van der Waals surface area contributed by atoms with Gasteiger partial charge in [0, 0.05) is 24.8 Å². The van der Waals surface area contributed by atoms with Crippen LogP contribution in [0.1, 0.15) is 45.3 Å². The first-order valence-electron chi connectivity index (χ1n) is 5.28. The molecule has 3 heteroatoms. The third kappa shape index (κ3) is 2.58. The Labute approximate surface area is 86.5 Å². The average molecular weight is 195 g/mol. The fourth-order valence-electron chi connectivity index (χ4n) is 1.64.